The molecule has 5 nitrogen and oxygen atoms in total. The van der Waals surface area contributed by atoms with Crippen LogP contribution in [0.25, 0.3) is 10.9 Å². The van der Waals surface area contributed by atoms with Crippen LogP contribution in [0, 0.1) is 0 Å². The molecule has 0 bridgehead atoms. The monoisotopic (exact) mass is 378 g/mol. The minimum Gasteiger partial charge on any atom is -0.497 e. The van der Waals surface area contributed by atoms with Gasteiger partial charge in [0, 0.05) is 28.4 Å². The molecule has 0 fully saturated rings. The van der Waals surface area contributed by atoms with Gasteiger partial charge in [0.25, 0.3) is 5.56 Å². The molecule has 2 aromatic carbocycles. The molecular weight excluding hydrogens is 352 g/mol. The topological polar surface area (TPSA) is 71.2 Å². The summed E-state index contributed by atoms with van der Waals surface area (Å²) in [6.07, 6.45) is 1.39. The minimum atomic E-state index is -0.360. The minimum absolute atomic E-state index is 0.0638. The third-order valence-corrected chi connectivity index (χ3v) is 4.72. The quantitative estimate of drug-likeness (QED) is 0.660. The number of aromatic amines is 1. The van der Waals surface area contributed by atoms with Crippen LogP contribution in [0.1, 0.15) is 31.4 Å². The molecule has 3 aromatic rings. The second kappa shape index (κ2) is 8.30. The molecule has 0 atom stereocenters. The third-order valence-electron chi connectivity index (χ3n) is 4.72. The molecule has 1 amide bonds. The molecule has 146 valence electrons. The fraction of sp³-hybridized carbons (Fsp3) is 0.304. The summed E-state index contributed by atoms with van der Waals surface area (Å²) in [5, 5.41) is 3.97. The van der Waals surface area contributed by atoms with E-state index in [0.29, 0.717) is 12.0 Å². The Morgan fingerprint density at radius 2 is 1.86 bits per heavy atom. The number of ether oxygens (including phenoxy) is 1. The van der Waals surface area contributed by atoms with Gasteiger partial charge in [0.15, 0.2) is 0 Å². The third kappa shape index (κ3) is 5.00. The number of rotatable bonds is 7. The molecule has 0 unspecified atom stereocenters. The van der Waals surface area contributed by atoms with Gasteiger partial charge in [-0.15, -0.1) is 0 Å². The lowest BCUT2D eigenvalue weighted by atomic mass is 9.94. The fourth-order valence-corrected chi connectivity index (χ4v) is 3.38. The number of nitrogens with one attached hydrogen (secondary N) is 2. The lowest BCUT2D eigenvalue weighted by Crippen LogP contribution is -2.45. The number of aromatic nitrogens is 1. The number of benzene rings is 2. The Labute approximate surface area is 164 Å². The van der Waals surface area contributed by atoms with E-state index in [9.17, 15) is 9.59 Å². The summed E-state index contributed by atoms with van der Waals surface area (Å²) in [4.78, 5) is 27.6. The van der Waals surface area contributed by atoms with E-state index in [0.717, 1.165) is 23.1 Å². The number of aryl methyl sites for hydroxylation is 1. The average molecular weight is 378 g/mol. The molecule has 0 aliphatic carbocycles. The summed E-state index contributed by atoms with van der Waals surface area (Å²) in [5.41, 5.74) is 2.00. The van der Waals surface area contributed by atoms with Crippen molar-refractivity contribution in [2.24, 2.45) is 0 Å². The zero-order valence-corrected chi connectivity index (χ0v) is 16.5. The summed E-state index contributed by atoms with van der Waals surface area (Å²) >= 11 is 0. The number of H-pyrrole nitrogens is 1. The predicted octanol–water partition coefficient (Wildman–Crippen LogP) is 3.61. The smallest absolute Gasteiger partial charge is 0.251 e. The van der Waals surface area contributed by atoms with Gasteiger partial charge in [0.2, 0.25) is 5.91 Å². The van der Waals surface area contributed by atoms with Crippen LogP contribution in [0.15, 0.2) is 59.4 Å². The van der Waals surface area contributed by atoms with Gasteiger partial charge in [-0.1, -0.05) is 30.3 Å². The highest BCUT2D eigenvalue weighted by molar-refractivity contribution is 5.81. The second-order valence-corrected chi connectivity index (χ2v) is 7.67. The predicted molar refractivity (Wildman–Crippen MR) is 112 cm³/mol. The molecule has 0 radical (unpaired) electrons. The van der Waals surface area contributed by atoms with Crippen LogP contribution >= 0.6 is 0 Å². The van der Waals surface area contributed by atoms with Crippen molar-refractivity contribution in [1.82, 2.24) is 10.3 Å². The Balaban J connectivity index is 1.65. The van der Waals surface area contributed by atoms with Crippen LogP contribution in [-0.4, -0.2) is 23.5 Å². The highest BCUT2D eigenvalue weighted by atomic mass is 16.5. The Morgan fingerprint density at radius 1 is 1.11 bits per heavy atom. The molecule has 0 saturated carbocycles. The molecule has 28 heavy (non-hydrogen) atoms. The van der Waals surface area contributed by atoms with Gasteiger partial charge in [0.1, 0.15) is 5.75 Å². The van der Waals surface area contributed by atoms with Gasteiger partial charge < -0.3 is 15.0 Å². The number of methoxy groups -OCH3 is 1. The maximum absolute atomic E-state index is 12.5. The summed E-state index contributed by atoms with van der Waals surface area (Å²) in [6, 6.07) is 17.4. The number of amides is 1. The first-order valence-electron chi connectivity index (χ1n) is 9.41. The fourth-order valence-electron chi connectivity index (χ4n) is 3.38. The van der Waals surface area contributed by atoms with Crippen molar-refractivity contribution in [3.63, 3.8) is 0 Å². The van der Waals surface area contributed by atoms with Crippen molar-refractivity contribution in [2.75, 3.05) is 7.11 Å². The molecule has 1 aromatic heterocycles. The van der Waals surface area contributed by atoms with E-state index in [2.05, 4.69) is 22.4 Å². The molecule has 0 spiro atoms. The molecular formula is C23H26N2O3. The van der Waals surface area contributed by atoms with E-state index in [4.69, 9.17) is 4.74 Å². The molecule has 0 saturated heterocycles. The van der Waals surface area contributed by atoms with Crippen LogP contribution in [0.5, 0.6) is 5.75 Å². The summed E-state index contributed by atoms with van der Waals surface area (Å²) < 4.78 is 5.24. The zero-order chi connectivity index (χ0) is 20.1. The van der Waals surface area contributed by atoms with Crippen LogP contribution in [-0.2, 0) is 17.6 Å². The Morgan fingerprint density at radius 3 is 2.57 bits per heavy atom. The molecule has 1 heterocycles. The van der Waals surface area contributed by atoms with E-state index in [1.54, 1.807) is 13.2 Å². The Kier molecular flexibility index (Phi) is 5.83. The molecule has 0 aliphatic rings. The van der Waals surface area contributed by atoms with E-state index in [-0.39, 0.29) is 23.4 Å². The van der Waals surface area contributed by atoms with Gasteiger partial charge in [-0.25, -0.2) is 0 Å². The van der Waals surface area contributed by atoms with Crippen molar-refractivity contribution in [3.05, 3.63) is 76.1 Å². The van der Waals surface area contributed by atoms with E-state index < -0.39 is 0 Å². The largest absolute Gasteiger partial charge is 0.497 e. The number of carbonyl (C=O) groups is 1. The van der Waals surface area contributed by atoms with Crippen molar-refractivity contribution in [1.29, 1.82) is 0 Å². The number of carbonyl (C=O) groups excluding carboxylic acids is 1. The van der Waals surface area contributed by atoms with Crippen molar-refractivity contribution < 1.29 is 9.53 Å². The van der Waals surface area contributed by atoms with Gasteiger partial charge in [-0.05, 0) is 56.5 Å². The number of hydrogen-bond acceptors (Lipinski definition) is 3. The maximum atomic E-state index is 12.5. The highest BCUT2D eigenvalue weighted by Crippen LogP contribution is 2.19. The maximum Gasteiger partial charge on any atom is 0.251 e. The van der Waals surface area contributed by atoms with Gasteiger partial charge in [0.05, 0.1) is 7.11 Å². The lowest BCUT2D eigenvalue weighted by Gasteiger charge is -2.26. The van der Waals surface area contributed by atoms with Crippen molar-refractivity contribution >= 4 is 16.8 Å². The highest BCUT2D eigenvalue weighted by Gasteiger charge is 2.21. The molecule has 2 N–H and O–H groups in total. The Bertz CT molecular complexity index is 1020. The summed E-state index contributed by atoms with van der Waals surface area (Å²) in [6.45, 7) is 4.01. The first kappa shape index (κ1) is 19.7. The molecule has 5 heteroatoms. The summed E-state index contributed by atoms with van der Waals surface area (Å²) in [5.74, 6) is 0.664. The summed E-state index contributed by atoms with van der Waals surface area (Å²) in [7, 11) is 1.61. The van der Waals surface area contributed by atoms with Gasteiger partial charge >= 0.3 is 0 Å². The lowest BCUT2D eigenvalue weighted by molar-refractivity contribution is -0.122. The van der Waals surface area contributed by atoms with Crippen LogP contribution in [0.4, 0.5) is 0 Å². The van der Waals surface area contributed by atoms with Crippen LogP contribution in [0.3, 0.4) is 0 Å². The number of hydrogen-bond donors (Lipinski definition) is 2. The molecule has 3 rings (SSSR count). The zero-order valence-electron chi connectivity index (χ0n) is 16.5. The standard InChI is InChI=1S/C23H26N2O3/c1-23(2,15-16-7-5-4-6-8-16)25-21(26)12-9-17-13-18-14-19(28-3)10-11-20(18)24-22(17)27/h4-8,10-11,13-14H,9,12,15H2,1-3H3,(H,24,27)(H,25,26). The van der Waals surface area contributed by atoms with Crippen molar-refractivity contribution in [2.45, 2.75) is 38.6 Å². The first-order valence-corrected chi connectivity index (χ1v) is 9.41. The SMILES string of the molecule is COc1ccc2[nH]c(=O)c(CCC(=O)NC(C)(C)Cc3ccccc3)cc2c1. The number of fused-ring (bicyclic) bond motifs is 1. The molecule has 0 aliphatic heterocycles. The Hall–Kier alpha value is -3.08. The van der Waals surface area contributed by atoms with Crippen LogP contribution < -0.4 is 15.6 Å². The van der Waals surface area contributed by atoms with E-state index in [1.165, 1.54) is 5.56 Å². The average Bonchev–Trinajstić information content (AvgIpc) is 2.66. The first-order chi connectivity index (χ1) is 13.4. The van der Waals surface area contributed by atoms with Gasteiger partial charge in [-0.2, -0.15) is 0 Å². The van der Waals surface area contributed by atoms with Crippen LogP contribution in [0.2, 0.25) is 0 Å². The van der Waals surface area contributed by atoms with Crippen molar-refractivity contribution in [3.8, 4) is 5.75 Å². The van der Waals surface area contributed by atoms with Gasteiger partial charge in [-0.3, -0.25) is 9.59 Å². The second-order valence-electron chi connectivity index (χ2n) is 7.67. The van der Waals surface area contributed by atoms with E-state index in [1.807, 2.05) is 50.2 Å². The normalized spacial score (nSPS) is 11.4. The number of pyridine rings is 1. The van der Waals surface area contributed by atoms with E-state index >= 15 is 0 Å².